The van der Waals surface area contributed by atoms with Crippen LogP contribution < -0.4 is 11.2 Å². The zero-order valence-corrected chi connectivity index (χ0v) is 13.8. The first-order valence-electron chi connectivity index (χ1n) is 8.08. The number of amides is 2. The minimum absolute atomic E-state index is 0.529. The van der Waals surface area contributed by atoms with Crippen molar-refractivity contribution in [2.45, 2.75) is 6.42 Å². The van der Waals surface area contributed by atoms with E-state index < -0.39 is 6.03 Å². The van der Waals surface area contributed by atoms with Gasteiger partial charge in [-0.05, 0) is 35.9 Å². The smallest absolute Gasteiger partial charge is 0.332 e. The summed E-state index contributed by atoms with van der Waals surface area (Å²) in [5, 5.41) is 3.97. The second kappa shape index (κ2) is 6.64. The molecule has 2 heterocycles. The molecule has 0 unspecified atom stereocenters. The lowest BCUT2D eigenvalue weighted by Crippen LogP contribution is -2.26. The van der Waals surface area contributed by atoms with Gasteiger partial charge >= 0.3 is 6.03 Å². The van der Waals surface area contributed by atoms with Gasteiger partial charge in [-0.25, -0.2) is 15.2 Å². The van der Waals surface area contributed by atoms with Crippen LogP contribution in [0.15, 0.2) is 66.3 Å². The molecule has 3 aromatic rings. The van der Waals surface area contributed by atoms with Crippen LogP contribution in [0.2, 0.25) is 0 Å². The molecule has 0 spiro atoms. The Morgan fingerprint density at radius 2 is 2.08 bits per heavy atom. The van der Waals surface area contributed by atoms with Gasteiger partial charge in [0, 0.05) is 30.1 Å². The van der Waals surface area contributed by atoms with Gasteiger partial charge in [0.15, 0.2) is 0 Å². The molecular formula is C19H16N6O. The van der Waals surface area contributed by atoms with Crippen LogP contribution in [0.4, 0.5) is 4.79 Å². The van der Waals surface area contributed by atoms with E-state index in [1.54, 1.807) is 12.5 Å². The number of primary amides is 1. The number of rotatable bonds is 3. The van der Waals surface area contributed by atoms with Gasteiger partial charge < -0.3 is 5.73 Å². The molecule has 2 aromatic heterocycles. The van der Waals surface area contributed by atoms with E-state index >= 15 is 0 Å². The molecule has 0 bridgehead atoms. The number of nitrogens with one attached hydrogen (secondary N) is 1. The maximum absolute atomic E-state index is 10.8. The lowest BCUT2D eigenvalue weighted by molar-refractivity contribution is 0.249. The van der Waals surface area contributed by atoms with Crippen LogP contribution in [0.1, 0.15) is 11.4 Å². The summed E-state index contributed by atoms with van der Waals surface area (Å²) >= 11 is 0. The van der Waals surface area contributed by atoms with Gasteiger partial charge in [-0.3, -0.25) is 9.55 Å². The number of aromatic nitrogens is 3. The van der Waals surface area contributed by atoms with Gasteiger partial charge in [0.25, 0.3) is 0 Å². The largest absolute Gasteiger partial charge is 0.350 e. The highest BCUT2D eigenvalue weighted by atomic mass is 16.2. The number of hydrogen-bond acceptors (Lipinski definition) is 4. The minimum Gasteiger partial charge on any atom is -0.350 e. The van der Waals surface area contributed by atoms with Crippen molar-refractivity contribution >= 4 is 17.8 Å². The first-order chi connectivity index (χ1) is 12.7. The van der Waals surface area contributed by atoms with Crippen LogP contribution in [0.3, 0.4) is 0 Å². The van der Waals surface area contributed by atoms with Crippen LogP contribution in [-0.2, 0) is 6.42 Å². The number of benzene rings is 1. The third-order valence-corrected chi connectivity index (χ3v) is 4.10. The van der Waals surface area contributed by atoms with Gasteiger partial charge in [-0.15, -0.1) is 0 Å². The Labute approximate surface area is 149 Å². The number of hydrogen-bond donors (Lipinski definition) is 2. The fourth-order valence-corrected chi connectivity index (χ4v) is 2.89. The van der Waals surface area contributed by atoms with Crippen molar-refractivity contribution in [1.82, 2.24) is 20.0 Å². The Morgan fingerprint density at radius 1 is 1.19 bits per heavy atom. The van der Waals surface area contributed by atoms with Gasteiger partial charge in [0.2, 0.25) is 0 Å². The molecule has 0 atom stereocenters. The number of nitrogens with two attached hydrogens (primary N) is 1. The topological polar surface area (TPSA) is 98.2 Å². The van der Waals surface area contributed by atoms with E-state index in [0.717, 1.165) is 28.2 Å². The van der Waals surface area contributed by atoms with Crippen molar-refractivity contribution in [2.75, 3.05) is 0 Å². The molecule has 0 fully saturated rings. The summed E-state index contributed by atoms with van der Waals surface area (Å²) in [6.07, 6.45) is 9.71. The Balaban J connectivity index is 1.66. The van der Waals surface area contributed by atoms with Crippen LogP contribution in [0.25, 0.3) is 22.9 Å². The zero-order chi connectivity index (χ0) is 17.9. The van der Waals surface area contributed by atoms with Gasteiger partial charge in [0.1, 0.15) is 6.33 Å². The second-order valence-electron chi connectivity index (χ2n) is 5.83. The fraction of sp³-hybridized carbons (Fsp3) is 0.0526. The minimum atomic E-state index is -0.686. The third kappa shape index (κ3) is 3.10. The van der Waals surface area contributed by atoms with Crippen molar-refractivity contribution in [2.24, 2.45) is 10.8 Å². The molecule has 0 saturated carbocycles. The summed E-state index contributed by atoms with van der Waals surface area (Å²) < 4.78 is 2.03. The average Bonchev–Trinajstić information content (AvgIpc) is 3.10. The maximum atomic E-state index is 10.8. The van der Waals surface area contributed by atoms with E-state index in [4.69, 9.17) is 5.73 Å². The summed E-state index contributed by atoms with van der Waals surface area (Å²) in [6.45, 7) is 0. The summed E-state index contributed by atoms with van der Waals surface area (Å²) in [5.74, 6) is 0. The molecule has 0 saturated heterocycles. The van der Waals surface area contributed by atoms with Crippen molar-refractivity contribution < 1.29 is 4.79 Å². The Bertz CT molecular complexity index is 1020. The first-order valence-corrected chi connectivity index (χ1v) is 8.08. The number of nitrogens with zero attached hydrogens (tertiary/aromatic N) is 4. The van der Waals surface area contributed by atoms with Crippen molar-refractivity contribution in [3.8, 4) is 16.8 Å². The van der Waals surface area contributed by atoms with E-state index in [9.17, 15) is 4.79 Å². The SMILES string of the molecule is NC(=O)N/N=C1\C=Cc2c(ncn2-c2cccc(-c3cccnc3)c2)C1. The first kappa shape index (κ1) is 15.8. The van der Waals surface area contributed by atoms with E-state index in [1.165, 1.54) is 0 Å². The number of urea groups is 1. The standard InChI is InChI=1S/C19H16N6O/c20-19(26)24-23-15-6-7-18-17(10-15)22-12-25(18)16-5-1-3-13(9-16)14-4-2-8-21-11-14/h1-9,11-12H,10H2,(H3,20,24,26)/b23-15+. The van der Waals surface area contributed by atoms with Crippen LogP contribution in [0.5, 0.6) is 0 Å². The third-order valence-electron chi connectivity index (χ3n) is 4.10. The molecule has 128 valence electrons. The van der Waals surface area contributed by atoms with Gasteiger partial charge in [0.05, 0.1) is 17.1 Å². The predicted molar refractivity (Wildman–Crippen MR) is 99.7 cm³/mol. The lowest BCUT2D eigenvalue weighted by Gasteiger charge is -2.12. The second-order valence-corrected chi connectivity index (χ2v) is 5.83. The molecule has 1 aromatic carbocycles. The van der Waals surface area contributed by atoms with Crippen LogP contribution >= 0.6 is 0 Å². The predicted octanol–water partition coefficient (Wildman–Crippen LogP) is 2.53. The molecule has 0 aliphatic heterocycles. The molecule has 7 nitrogen and oxygen atoms in total. The Morgan fingerprint density at radius 3 is 2.88 bits per heavy atom. The Hall–Kier alpha value is -3.74. The van der Waals surface area contributed by atoms with Gasteiger partial charge in [-0.1, -0.05) is 18.2 Å². The van der Waals surface area contributed by atoms with E-state index in [0.29, 0.717) is 12.1 Å². The Kier molecular flexibility index (Phi) is 4.03. The number of fused-ring (bicyclic) bond motifs is 1. The molecular weight excluding hydrogens is 328 g/mol. The number of allylic oxidation sites excluding steroid dienone is 1. The molecule has 1 aliphatic carbocycles. The molecule has 2 amide bonds. The zero-order valence-electron chi connectivity index (χ0n) is 13.8. The number of carbonyl (C=O) groups excluding carboxylic acids is 1. The lowest BCUT2D eigenvalue weighted by atomic mass is 10.1. The quantitative estimate of drug-likeness (QED) is 0.714. The van der Waals surface area contributed by atoms with E-state index in [1.807, 2.05) is 47.2 Å². The average molecular weight is 344 g/mol. The highest BCUT2D eigenvalue weighted by molar-refractivity contribution is 6.02. The molecule has 4 rings (SSSR count). The van der Waals surface area contributed by atoms with E-state index in [2.05, 4.69) is 32.6 Å². The molecule has 26 heavy (non-hydrogen) atoms. The highest BCUT2D eigenvalue weighted by Crippen LogP contribution is 2.25. The number of imidazole rings is 1. The van der Waals surface area contributed by atoms with Gasteiger partial charge in [-0.2, -0.15) is 5.10 Å². The summed E-state index contributed by atoms with van der Waals surface area (Å²) in [6, 6.07) is 11.5. The highest BCUT2D eigenvalue weighted by Gasteiger charge is 2.16. The van der Waals surface area contributed by atoms with E-state index in [-0.39, 0.29) is 0 Å². The normalized spacial score (nSPS) is 14.2. The maximum Gasteiger partial charge on any atom is 0.332 e. The molecule has 1 aliphatic rings. The summed E-state index contributed by atoms with van der Waals surface area (Å²) in [4.78, 5) is 19.4. The molecule has 3 N–H and O–H groups in total. The number of hydrazone groups is 1. The van der Waals surface area contributed by atoms with Crippen LogP contribution in [-0.4, -0.2) is 26.3 Å². The number of pyridine rings is 1. The fourth-order valence-electron chi connectivity index (χ4n) is 2.89. The summed E-state index contributed by atoms with van der Waals surface area (Å²) in [7, 11) is 0. The van der Waals surface area contributed by atoms with Crippen molar-refractivity contribution in [3.05, 3.63) is 72.6 Å². The monoisotopic (exact) mass is 344 g/mol. The van der Waals surface area contributed by atoms with Crippen molar-refractivity contribution in [3.63, 3.8) is 0 Å². The van der Waals surface area contributed by atoms with Crippen LogP contribution in [0, 0.1) is 0 Å². The number of carbonyl (C=O) groups is 1. The molecule has 0 radical (unpaired) electrons. The summed E-state index contributed by atoms with van der Waals surface area (Å²) in [5.41, 5.74) is 13.0. The van der Waals surface area contributed by atoms with Crippen molar-refractivity contribution in [1.29, 1.82) is 0 Å². The molecule has 7 heteroatoms.